The van der Waals surface area contributed by atoms with Crippen molar-refractivity contribution in [2.75, 3.05) is 33.2 Å². The fourth-order valence-electron chi connectivity index (χ4n) is 3.01. The molecule has 2 aliphatic rings. The lowest BCUT2D eigenvalue weighted by Gasteiger charge is -2.20. The molecule has 0 amide bonds. The Kier molecular flexibility index (Phi) is 6.06. The van der Waals surface area contributed by atoms with Gasteiger partial charge >= 0.3 is 0 Å². The molecule has 1 unspecified atom stereocenters. The number of nitrogens with zero attached hydrogens (tertiary/aromatic N) is 1. The molecule has 1 aromatic carbocycles. The van der Waals surface area contributed by atoms with E-state index in [1.165, 1.54) is 62.0 Å². The van der Waals surface area contributed by atoms with E-state index in [0.717, 1.165) is 12.5 Å². The zero-order chi connectivity index (χ0) is 14.4. The van der Waals surface area contributed by atoms with E-state index < -0.39 is 0 Å². The lowest BCUT2D eigenvalue weighted by molar-refractivity contribution is 0.277. The largest absolute Gasteiger partial charge is 0.316 e. The molecule has 1 atom stereocenters. The molecule has 3 rings (SSSR count). The van der Waals surface area contributed by atoms with E-state index in [0.29, 0.717) is 0 Å². The van der Waals surface area contributed by atoms with Gasteiger partial charge in [0.1, 0.15) is 0 Å². The third-order valence-corrected chi connectivity index (χ3v) is 4.64. The van der Waals surface area contributed by atoms with Crippen LogP contribution in [0.5, 0.6) is 0 Å². The van der Waals surface area contributed by atoms with Crippen LogP contribution in [0.3, 0.4) is 0 Å². The average Bonchev–Trinajstić information content (AvgIpc) is 2.98. The van der Waals surface area contributed by atoms with Gasteiger partial charge in [-0.3, -0.25) is 0 Å². The second kappa shape index (κ2) is 7.80. The molecule has 2 nitrogen and oxygen atoms in total. The van der Waals surface area contributed by atoms with Crippen molar-refractivity contribution in [1.82, 2.24) is 10.2 Å². The van der Waals surface area contributed by atoms with E-state index in [-0.39, 0.29) is 0 Å². The quantitative estimate of drug-likeness (QED) is 0.843. The van der Waals surface area contributed by atoms with Gasteiger partial charge in [-0.05, 0) is 82.4 Å². The molecule has 20 heavy (non-hydrogen) atoms. The number of rotatable bonds is 1. The summed E-state index contributed by atoms with van der Waals surface area (Å²) < 4.78 is 0. The zero-order valence-corrected chi connectivity index (χ0v) is 13.4. The van der Waals surface area contributed by atoms with Crippen molar-refractivity contribution >= 4 is 0 Å². The van der Waals surface area contributed by atoms with Crippen LogP contribution in [-0.2, 0) is 0 Å². The molecule has 0 spiro atoms. The molecule has 0 bridgehead atoms. The fourth-order valence-corrected chi connectivity index (χ4v) is 3.01. The van der Waals surface area contributed by atoms with Crippen LogP contribution in [0.25, 0.3) is 0 Å². The van der Waals surface area contributed by atoms with Crippen molar-refractivity contribution in [2.24, 2.45) is 0 Å². The molecule has 0 saturated carbocycles. The maximum absolute atomic E-state index is 3.40. The van der Waals surface area contributed by atoms with E-state index in [1.807, 2.05) is 0 Å². The number of nitrogens with one attached hydrogen (secondary N) is 1. The van der Waals surface area contributed by atoms with Crippen LogP contribution in [0.1, 0.15) is 48.3 Å². The van der Waals surface area contributed by atoms with Gasteiger partial charge in [0.2, 0.25) is 0 Å². The Morgan fingerprint density at radius 3 is 2.30 bits per heavy atom. The minimum atomic E-state index is 0.749. The van der Waals surface area contributed by atoms with Gasteiger partial charge < -0.3 is 10.2 Å². The summed E-state index contributed by atoms with van der Waals surface area (Å²) in [6.07, 6.45) is 5.57. The predicted octanol–water partition coefficient (Wildman–Crippen LogP) is 3.48. The molecule has 2 heteroatoms. The second-order valence-corrected chi connectivity index (χ2v) is 6.40. The van der Waals surface area contributed by atoms with E-state index in [4.69, 9.17) is 0 Å². The van der Waals surface area contributed by atoms with Gasteiger partial charge in [0.05, 0.1) is 0 Å². The summed E-state index contributed by atoms with van der Waals surface area (Å²) in [5, 5.41) is 3.40. The molecule has 2 fully saturated rings. The Morgan fingerprint density at radius 2 is 1.80 bits per heavy atom. The predicted molar refractivity (Wildman–Crippen MR) is 87.5 cm³/mol. The molecule has 2 aliphatic heterocycles. The molecule has 0 radical (unpaired) electrons. The number of benzene rings is 1. The molecule has 112 valence electrons. The Labute approximate surface area is 124 Å². The minimum absolute atomic E-state index is 0.749. The third-order valence-electron chi connectivity index (χ3n) is 4.64. The molecule has 1 aromatic rings. The minimum Gasteiger partial charge on any atom is -0.316 e. The summed E-state index contributed by atoms with van der Waals surface area (Å²) in [5.41, 5.74) is 4.33. The van der Waals surface area contributed by atoms with Crippen LogP contribution in [0, 0.1) is 13.8 Å². The van der Waals surface area contributed by atoms with Crippen molar-refractivity contribution in [3.63, 3.8) is 0 Å². The highest BCUT2D eigenvalue weighted by molar-refractivity contribution is 5.32. The molecule has 2 saturated heterocycles. The van der Waals surface area contributed by atoms with Crippen LogP contribution in [0.4, 0.5) is 0 Å². The molecule has 1 N–H and O–H groups in total. The molecule has 0 aliphatic carbocycles. The summed E-state index contributed by atoms with van der Waals surface area (Å²) in [6.45, 7) is 9.34. The summed E-state index contributed by atoms with van der Waals surface area (Å²) in [4.78, 5) is 2.39. The highest BCUT2D eigenvalue weighted by Crippen LogP contribution is 2.23. The first-order chi connectivity index (χ1) is 9.66. The van der Waals surface area contributed by atoms with Crippen LogP contribution in [0.15, 0.2) is 18.2 Å². The van der Waals surface area contributed by atoms with Crippen LogP contribution < -0.4 is 5.32 Å². The zero-order valence-electron chi connectivity index (χ0n) is 13.4. The van der Waals surface area contributed by atoms with E-state index in [2.05, 4.69) is 49.3 Å². The lowest BCUT2D eigenvalue weighted by Crippen LogP contribution is -2.24. The molecule has 2 heterocycles. The van der Waals surface area contributed by atoms with Crippen molar-refractivity contribution in [3.8, 4) is 0 Å². The van der Waals surface area contributed by atoms with Gasteiger partial charge in [-0.15, -0.1) is 0 Å². The van der Waals surface area contributed by atoms with Crippen LogP contribution >= 0.6 is 0 Å². The highest BCUT2D eigenvalue weighted by Gasteiger charge is 2.16. The van der Waals surface area contributed by atoms with E-state index in [1.54, 1.807) is 0 Å². The molecular weight excluding hydrogens is 244 g/mol. The normalized spacial score (nSPS) is 23.2. The summed E-state index contributed by atoms with van der Waals surface area (Å²) in [6, 6.07) is 6.86. The Balaban J connectivity index is 0.000000178. The van der Waals surface area contributed by atoms with Crippen LogP contribution in [-0.4, -0.2) is 38.1 Å². The van der Waals surface area contributed by atoms with Gasteiger partial charge in [-0.2, -0.15) is 0 Å². The topological polar surface area (TPSA) is 15.3 Å². The van der Waals surface area contributed by atoms with E-state index in [9.17, 15) is 0 Å². The SMILES string of the molecule is CN1CCCCC1.Cc1ccc(C2CCNC2)cc1C. The average molecular weight is 274 g/mol. The maximum atomic E-state index is 3.40. The summed E-state index contributed by atoms with van der Waals surface area (Å²) in [5.74, 6) is 0.749. The van der Waals surface area contributed by atoms with Crippen molar-refractivity contribution < 1.29 is 0 Å². The first-order valence-electron chi connectivity index (χ1n) is 8.13. The van der Waals surface area contributed by atoms with Crippen molar-refractivity contribution in [3.05, 3.63) is 34.9 Å². The smallest absolute Gasteiger partial charge is 0.00206 e. The number of piperidine rings is 1. The van der Waals surface area contributed by atoms with Crippen molar-refractivity contribution in [2.45, 2.75) is 45.4 Å². The number of hydrogen-bond donors (Lipinski definition) is 1. The van der Waals surface area contributed by atoms with E-state index >= 15 is 0 Å². The van der Waals surface area contributed by atoms with Crippen molar-refractivity contribution in [1.29, 1.82) is 0 Å². The number of hydrogen-bond acceptors (Lipinski definition) is 2. The standard InChI is InChI=1S/C12H17N.C6H13N/c1-9-3-4-11(7-10(9)2)12-5-6-13-8-12;1-7-5-3-2-4-6-7/h3-4,7,12-13H,5-6,8H2,1-2H3;2-6H2,1H3. The van der Waals surface area contributed by atoms with Gasteiger partial charge in [0.15, 0.2) is 0 Å². The first-order valence-corrected chi connectivity index (χ1v) is 8.13. The van der Waals surface area contributed by atoms with Gasteiger partial charge in [-0.1, -0.05) is 24.6 Å². The Hall–Kier alpha value is -0.860. The number of aryl methyl sites for hydroxylation is 2. The Bertz CT molecular complexity index is 402. The highest BCUT2D eigenvalue weighted by atomic mass is 15.1. The second-order valence-electron chi connectivity index (χ2n) is 6.40. The first kappa shape index (κ1) is 15.5. The molecule has 0 aromatic heterocycles. The van der Waals surface area contributed by atoms with Crippen LogP contribution in [0.2, 0.25) is 0 Å². The maximum Gasteiger partial charge on any atom is 0.00206 e. The monoisotopic (exact) mass is 274 g/mol. The summed E-state index contributed by atoms with van der Waals surface area (Å²) >= 11 is 0. The summed E-state index contributed by atoms with van der Waals surface area (Å²) in [7, 11) is 2.19. The van der Waals surface area contributed by atoms with Gasteiger partial charge in [0, 0.05) is 6.54 Å². The van der Waals surface area contributed by atoms with Gasteiger partial charge in [-0.25, -0.2) is 0 Å². The molecular formula is C18H30N2. The third kappa shape index (κ3) is 4.60. The lowest BCUT2D eigenvalue weighted by atomic mass is 9.95. The fraction of sp³-hybridized carbons (Fsp3) is 0.667. The number of likely N-dealkylation sites (tertiary alicyclic amines) is 1. The van der Waals surface area contributed by atoms with Gasteiger partial charge in [0.25, 0.3) is 0 Å². The Morgan fingerprint density at radius 1 is 1.05 bits per heavy atom.